The third-order valence-corrected chi connectivity index (χ3v) is 5.01. The van der Waals surface area contributed by atoms with Gasteiger partial charge in [0.25, 0.3) is 0 Å². The fourth-order valence-corrected chi connectivity index (χ4v) is 3.29. The predicted octanol–water partition coefficient (Wildman–Crippen LogP) is 2.69. The molecule has 1 aliphatic heterocycles. The van der Waals surface area contributed by atoms with Gasteiger partial charge in [-0.15, -0.1) is 0 Å². The standard InChI is InChI=1S/C19H31BrN4O/c1-3-21-19(23(2)15-16-5-7-17(20)8-6-16)22-11-4-12-24-13-9-18(25)10-14-24/h5-8,18,25H,3-4,9-15H2,1-2H3,(H,21,22). The number of hydrogen-bond acceptors (Lipinski definition) is 3. The first kappa shape index (κ1) is 20.2. The molecule has 0 amide bonds. The van der Waals surface area contributed by atoms with Gasteiger partial charge in [-0.2, -0.15) is 0 Å². The Balaban J connectivity index is 1.79. The number of aliphatic imine (C=N–C) groups is 1. The van der Waals surface area contributed by atoms with E-state index in [4.69, 9.17) is 4.99 Å². The highest BCUT2D eigenvalue weighted by molar-refractivity contribution is 9.10. The summed E-state index contributed by atoms with van der Waals surface area (Å²) in [7, 11) is 2.08. The molecule has 1 saturated heterocycles. The molecular weight excluding hydrogens is 380 g/mol. The molecule has 0 bridgehead atoms. The summed E-state index contributed by atoms with van der Waals surface area (Å²) in [6, 6.07) is 8.41. The molecule has 0 saturated carbocycles. The van der Waals surface area contributed by atoms with Gasteiger partial charge >= 0.3 is 0 Å². The number of rotatable bonds is 7. The van der Waals surface area contributed by atoms with E-state index in [1.807, 2.05) is 0 Å². The zero-order valence-corrected chi connectivity index (χ0v) is 17.0. The second-order valence-corrected chi connectivity index (χ2v) is 7.56. The van der Waals surface area contributed by atoms with Gasteiger partial charge in [0.2, 0.25) is 0 Å². The van der Waals surface area contributed by atoms with Crippen molar-refractivity contribution in [2.75, 3.05) is 39.8 Å². The number of nitrogens with one attached hydrogen (secondary N) is 1. The van der Waals surface area contributed by atoms with Crippen LogP contribution in [0.25, 0.3) is 0 Å². The van der Waals surface area contributed by atoms with Crippen LogP contribution in [0, 0.1) is 0 Å². The summed E-state index contributed by atoms with van der Waals surface area (Å²) in [6.45, 7) is 7.71. The Morgan fingerprint density at radius 1 is 1.32 bits per heavy atom. The number of benzene rings is 1. The van der Waals surface area contributed by atoms with Crippen LogP contribution in [0.5, 0.6) is 0 Å². The highest BCUT2D eigenvalue weighted by atomic mass is 79.9. The molecule has 1 heterocycles. The van der Waals surface area contributed by atoms with E-state index >= 15 is 0 Å². The minimum absolute atomic E-state index is 0.0955. The van der Waals surface area contributed by atoms with Crippen molar-refractivity contribution in [3.05, 3.63) is 34.3 Å². The van der Waals surface area contributed by atoms with Crippen LogP contribution in [0.15, 0.2) is 33.7 Å². The lowest BCUT2D eigenvalue weighted by Gasteiger charge is -2.29. The van der Waals surface area contributed by atoms with Crippen LogP contribution >= 0.6 is 15.9 Å². The molecule has 0 atom stereocenters. The number of nitrogens with zero attached hydrogens (tertiary/aromatic N) is 3. The molecule has 6 heteroatoms. The molecule has 0 aliphatic carbocycles. The van der Waals surface area contributed by atoms with Crippen molar-refractivity contribution >= 4 is 21.9 Å². The minimum atomic E-state index is -0.0955. The van der Waals surface area contributed by atoms with Gasteiger partial charge in [-0.25, -0.2) is 0 Å². The lowest BCUT2D eigenvalue weighted by atomic mass is 10.1. The molecule has 1 fully saturated rings. The smallest absolute Gasteiger partial charge is 0.193 e. The highest BCUT2D eigenvalue weighted by Crippen LogP contribution is 2.12. The Kier molecular flexibility index (Phi) is 8.72. The van der Waals surface area contributed by atoms with E-state index in [1.54, 1.807) is 0 Å². The maximum absolute atomic E-state index is 9.56. The molecule has 25 heavy (non-hydrogen) atoms. The third kappa shape index (κ3) is 7.34. The van der Waals surface area contributed by atoms with Crippen LogP contribution in [0.2, 0.25) is 0 Å². The zero-order chi connectivity index (χ0) is 18.1. The summed E-state index contributed by atoms with van der Waals surface area (Å²) in [5.41, 5.74) is 1.27. The van der Waals surface area contributed by atoms with Crippen molar-refractivity contribution in [1.29, 1.82) is 0 Å². The molecule has 0 unspecified atom stereocenters. The molecule has 5 nitrogen and oxygen atoms in total. The second kappa shape index (κ2) is 10.8. The van der Waals surface area contributed by atoms with E-state index in [0.29, 0.717) is 0 Å². The monoisotopic (exact) mass is 410 g/mol. The first-order chi connectivity index (χ1) is 12.1. The maximum atomic E-state index is 9.56. The average Bonchev–Trinajstić information content (AvgIpc) is 2.61. The van der Waals surface area contributed by atoms with Crippen LogP contribution < -0.4 is 5.32 Å². The highest BCUT2D eigenvalue weighted by Gasteiger charge is 2.16. The Bertz CT molecular complexity index is 527. The van der Waals surface area contributed by atoms with Gasteiger partial charge < -0.3 is 20.2 Å². The normalized spacial score (nSPS) is 16.9. The first-order valence-corrected chi connectivity index (χ1v) is 10.0. The number of likely N-dealkylation sites (tertiary alicyclic amines) is 1. The van der Waals surface area contributed by atoms with Crippen molar-refractivity contribution in [2.24, 2.45) is 4.99 Å². The van der Waals surface area contributed by atoms with Gasteiger partial charge in [0.05, 0.1) is 6.10 Å². The quantitative estimate of drug-likeness (QED) is 0.412. The van der Waals surface area contributed by atoms with Gasteiger partial charge in [-0.3, -0.25) is 4.99 Å². The summed E-state index contributed by atoms with van der Waals surface area (Å²) in [5, 5.41) is 12.9. The topological polar surface area (TPSA) is 51.1 Å². The molecule has 0 aromatic heterocycles. The largest absolute Gasteiger partial charge is 0.393 e. The maximum Gasteiger partial charge on any atom is 0.193 e. The average molecular weight is 411 g/mol. The second-order valence-electron chi connectivity index (χ2n) is 6.64. The van der Waals surface area contributed by atoms with E-state index in [0.717, 1.165) is 69.0 Å². The molecule has 0 radical (unpaired) electrons. The molecule has 2 rings (SSSR count). The van der Waals surface area contributed by atoms with E-state index in [1.165, 1.54) is 5.56 Å². The summed E-state index contributed by atoms with van der Waals surface area (Å²) in [4.78, 5) is 9.37. The summed E-state index contributed by atoms with van der Waals surface area (Å²) in [5.74, 6) is 0.958. The fourth-order valence-electron chi connectivity index (χ4n) is 3.03. The minimum Gasteiger partial charge on any atom is -0.393 e. The van der Waals surface area contributed by atoms with Crippen molar-refractivity contribution < 1.29 is 5.11 Å². The van der Waals surface area contributed by atoms with E-state index in [9.17, 15) is 5.11 Å². The van der Waals surface area contributed by atoms with E-state index in [-0.39, 0.29) is 6.10 Å². The molecule has 0 spiro atoms. The number of piperidine rings is 1. The van der Waals surface area contributed by atoms with Gasteiger partial charge in [0, 0.05) is 44.2 Å². The predicted molar refractivity (Wildman–Crippen MR) is 108 cm³/mol. The van der Waals surface area contributed by atoms with Crippen LogP contribution in [-0.4, -0.2) is 66.7 Å². The summed E-state index contributed by atoms with van der Waals surface area (Å²) < 4.78 is 1.10. The molecule has 140 valence electrons. The van der Waals surface area contributed by atoms with Gasteiger partial charge in [-0.05, 0) is 50.4 Å². The molecule has 1 aromatic carbocycles. The van der Waals surface area contributed by atoms with Crippen molar-refractivity contribution in [3.8, 4) is 0 Å². The molecule has 1 aliphatic rings. The van der Waals surface area contributed by atoms with Crippen molar-refractivity contribution in [3.63, 3.8) is 0 Å². The van der Waals surface area contributed by atoms with Crippen LogP contribution in [0.3, 0.4) is 0 Å². The number of hydrogen-bond donors (Lipinski definition) is 2. The zero-order valence-electron chi connectivity index (χ0n) is 15.4. The Labute approximate surface area is 160 Å². The number of aliphatic hydroxyl groups excluding tert-OH is 1. The summed E-state index contributed by atoms with van der Waals surface area (Å²) in [6.07, 6.45) is 2.77. The van der Waals surface area contributed by atoms with Gasteiger partial charge in [0.1, 0.15) is 0 Å². The molecule has 2 N–H and O–H groups in total. The first-order valence-electron chi connectivity index (χ1n) is 9.22. The van der Waals surface area contributed by atoms with E-state index in [2.05, 4.69) is 69.3 Å². The van der Waals surface area contributed by atoms with Gasteiger partial charge in [0.15, 0.2) is 5.96 Å². The fraction of sp³-hybridized carbons (Fsp3) is 0.632. The van der Waals surface area contributed by atoms with Crippen LogP contribution in [0.4, 0.5) is 0 Å². The van der Waals surface area contributed by atoms with Crippen LogP contribution in [-0.2, 0) is 6.54 Å². The lowest BCUT2D eigenvalue weighted by Crippen LogP contribution is -2.39. The van der Waals surface area contributed by atoms with E-state index < -0.39 is 0 Å². The van der Waals surface area contributed by atoms with Gasteiger partial charge in [-0.1, -0.05) is 28.1 Å². The number of guanidine groups is 1. The van der Waals surface area contributed by atoms with Crippen LogP contribution in [0.1, 0.15) is 31.7 Å². The molecular formula is C19H31BrN4O. The number of aliphatic hydroxyl groups is 1. The Morgan fingerprint density at radius 2 is 2.00 bits per heavy atom. The summed E-state index contributed by atoms with van der Waals surface area (Å²) >= 11 is 3.48. The SMILES string of the molecule is CCNC(=NCCCN1CCC(O)CC1)N(C)Cc1ccc(Br)cc1. The van der Waals surface area contributed by atoms with Crippen molar-refractivity contribution in [2.45, 2.75) is 38.8 Å². The third-order valence-electron chi connectivity index (χ3n) is 4.48. The number of halogens is 1. The lowest BCUT2D eigenvalue weighted by molar-refractivity contribution is 0.0824. The Morgan fingerprint density at radius 3 is 2.64 bits per heavy atom. The Hall–Kier alpha value is -1.11. The molecule has 1 aromatic rings. The van der Waals surface area contributed by atoms with Crippen molar-refractivity contribution in [1.82, 2.24) is 15.1 Å².